The topological polar surface area (TPSA) is 24.5 Å². The fourth-order valence-electron chi connectivity index (χ4n) is 2.65. The zero-order valence-electron chi connectivity index (χ0n) is 12.5. The summed E-state index contributed by atoms with van der Waals surface area (Å²) in [4.78, 5) is 2.53. The van der Waals surface area contributed by atoms with Gasteiger partial charge in [-0.25, -0.2) is 0 Å². The third-order valence-corrected chi connectivity index (χ3v) is 3.87. The smallest absolute Gasteiger partial charge is 0.119 e. The van der Waals surface area contributed by atoms with Crippen LogP contribution in [-0.2, 0) is 6.54 Å². The van der Waals surface area contributed by atoms with Crippen LogP contribution in [0, 0.1) is 5.92 Å². The van der Waals surface area contributed by atoms with Gasteiger partial charge in [0.2, 0.25) is 0 Å². The summed E-state index contributed by atoms with van der Waals surface area (Å²) in [5, 5.41) is 3.57. The van der Waals surface area contributed by atoms with Crippen molar-refractivity contribution in [1.29, 1.82) is 0 Å². The van der Waals surface area contributed by atoms with Gasteiger partial charge in [0.25, 0.3) is 0 Å². The van der Waals surface area contributed by atoms with E-state index >= 15 is 0 Å². The van der Waals surface area contributed by atoms with Crippen LogP contribution < -0.4 is 10.1 Å². The molecule has 0 aliphatic carbocycles. The van der Waals surface area contributed by atoms with Gasteiger partial charge in [-0.3, -0.25) is 0 Å². The SMILES string of the molecule is C=CCOc1ccc(CNCC2CCN(CC)C2)cc1. The average molecular weight is 274 g/mol. The first-order valence-corrected chi connectivity index (χ1v) is 7.57. The summed E-state index contributed by atoms with van der Waals surface area (Å²) >= 11 is 0. The normalized spacial score (nSPS) is 19.1. The van der Waals surface area contributed by atoms with Crippen molar-refractivity contribution < 1.29 is 4.74 Å². The fourth-order valence-corrected chi connectivity index (χ4v) is 2.65. The minimum atomic E-state index is 0.563. The van der Waals surface area contributed by atoms with E-state index < -0.39 is 0 Å². The van der Waals surface area contributed by atoms with E-state index in [0.29, 0.717) is 6.61 Å². The molecule has 0 radical (unpaired) electrons. The van der Waals surface area contributed by atoms with Crippen LogP contribution in [0.3, 0.4) is 0 Å². The summed E-state index contributed by atoms with van der Waals surface area (Å²) in [7, 11) is 0. The lowest BCUT2D eigenvalue weighted by Crippen LogP contribution is -2.26. The highest BCUT2D eigenvalue weighted by Crippen LogP contribution is 2.15. The van der Waals surface area contributed by atoms with Crippen LogP contribution in [0.25, 0.3) is 0 Å². The van der Waals surface area contributed by atoms with Crippen LogP contribution in [0.1, 0.15) is 18.9 Å². The molecule has 1 aliphatic heterocycles. The predicted octanol–water partition coefficient (Wildman–Crippen LogP) is 2.68. The Balaban J connectivity index is 1.67. The lowest BCUT2D eigenvalue weighted by molar-refractivity contribution is 0.339. The molecule has 0 aromatic heterocycles. The second kappa shape index (κ2) is 8.08. The molecule has 0 saturated carbocycles. The lowest BCUT2D eigenvalue weighted by atomic mass is 10.1. The molecule has 0 bridgehead atoms. The van der Waals surface area contributed by atoms with Gasteiger partial charge in [0.1, 0.15) is 12.4 Å². The summed E-state index contributed by atoms with van der Waals surface area (Å²) < 4.78 is 5.48. The number of ether oxygens (including phenoxy) is 1. The Hall–Kier alpha value is -1.32. The van der Waals surface area contributed by atoms with Crippen LogP contribution in [0.15, 0.2) is 36.9 Å². The van der Waals surface area contributed by atoms with Gasteiger partial charge in [0.15, 0.2) is 0 Å². The summed E-state index contributed by atoms with van der Waals surface area (Å²) in [6.07, 6.45) is 3.09. The molecule has 0 spiro atoms. The highest BCUT2D eigenvalue weighted by molar-refractivity contribution is 5.27. The van der Waals surface area contributed by atoms with Crippen molar-refractivity contribution in [2.24, 2.45) is 5.92 Å². The molecule has 20 heavy (non-hydrogen) atoms. The number of hydrogen-bond donors (Lipinski definition) is 1. The molecule has 1 N–H and O–H groups in total. The van der Waals surface area contributed by atoms with Crippen LogP contribution >= 0.6 is 0 Å². The maximum absolute atomic E-state index is 5.48. The quantitative estimate of drug-likeness (QED) is 0.738. The molecule has 1 aliphatic rings. The van der Waals surface area contributed by atoms with Gasteiger partial charge in [-0.2, -0.15) is 0 Å². The molecule has 1 aromatic rings. The van der Waals surface area contributed by atoms with Gasteiger partial charge in [-0.05, 0) is 49.7 Å². The molecular formula is C17H26N2O. The molecule has 1 saturated heterocycles. The summed E-state index contributed by atoms with van der Waals surface area (Å²) in [6, 6.07) is 8.29. The molecule has 110 valence electrons. The van der Waals surface area contributed by atoms with Crippen LogP contribution in [0.4, 0.5) is 0 Å². The lowest BCUT2D eigenvalue weighted by Gasteiger charge is -2.14. The van der Waals surface area contributed by atoms with Gasteiger partial charge < -0.3 is 15.0 Å². The number of nitrogens with zero attached hydrogens (tertiary/aromatic N) is 1. The van der Waals surface area contributed by atoms with E-state index in [2.05, 4.69) is 35.9 Å². The molecule has 1 fully saturated rings. The zero-order chi connectivity index (χ0) is 14.2. The van der Waals surface area contributed by atoms with Gasteiger partial charge in [0, 0.05) is 13.1 Å². The second-order valence-corrected chi connectivity index (χ2v) is 5.42. The zero-order valence-corrected chi connectivity index (χ0v) is 12.5. The molecule has 2 rings (SSSR count). The van der Waals surface area contributed by atoms with Crippen molar-refractivity contribution in [3.05, 3.63) is 42.5 Å². The number of likely N-dealkylation sites (tertiary alicyclic amines) is 1. The fraction of sp³-hybridized carbons (Fsp3) is 0.529. The van der Waals surface area contributed by atoms with Crippen molar-refractivity contribution in [3.63, 3.8) is 0 Å². The van der Waals surface area contributed by atoms with E-state index in [-0.39, 0.29) is 0 Å². The molecule has 3 nitrogen and oxygen atoms in total. The Morgan fingerprint density at radius 3 is 2.85 bits per heavy atom. The van der Waals surface area contributed by atoms with E-state index in [4.69, 9.17) is 4.74 Å². The van der Waals surface area contributed by atoms with E-state index in [1.807, 2.05) is 12.1 Å². The van der Waals surface area contributed by atoms with Crippen molar-refractivity contribution in [2.45, 2.75) is 19.9 Å². The molecule has 1 unspecified atom stereocenters. The van der Waals surface area contributed by atoms with Crippen molar-refractivity contribution in [3.8, 4) is 5.75 Å². The van der Waals surface area contributed by atoms with E-state index in [1.165, 1.54) is 31.6 Å². The largest absolute Gasteiger partial charge is 0.490 e. The molecule has 1 atom stereocenters. The molecule has 0 amide bonds. The first kappa shape index (κ1) is 15.1. The van der Waals surface area contributed by atoms with Crippen LogP contribution in [-0.4, -0.2) is 37.7 Å². The molecular weight excluding hydrogens is 248 g/mol. The van der Waals surface area contributed by atoms with E-state index in [0.717, 1.165) is 24.8 Å². The third kappa shape index (κ3) is 4.66. The predicted molar refractivity (Wildman–Crippen MR) is 84.1 cm³/mol. The molecule has 1 heterocycles. The summed E-state index contributed by atoms with van der Waals surface area (Å²) in [6.45, 7) is 12.2. The first-order chi connectivity index (χ1) is 9.81. The standard InChI is InChI=1S/C17H26N2O/c1-3-11-20-17-7-5-15(6-8-17)12-18-13-16-9-10-19(4-2)14-16/h3,5-8,16,18H,1,4,9-14H2,2H3. The van der Waals surface area contributed by atoms with Crippen molar-refractivity contribution >= 4 is 0 Å². The monoisotopic (exact) mass is 274 g/mol. The Morgan fingerprint density at radius 2 is 2.20 bits per heavy atom. The van der Waals surface area contributed by atoms with Gasteiger partial charge in [-0.15, -0.1) is 0 Å². The van der Waals surface area contributed by atoms with Crippen molar-refractivity contribution in [2.75, 3.05) is 32.8 Å². The highest BCUT2D eigenvalue weighted by atomic mass is 16.5. The first-order valence-electron chi connectivity index (χ1n) is 7.57. The Bertz CT molecular complexity index is 402. The number of nitrogens with one attached hydrogen (secondary N) is 1. The van der Waals surface area contributed by atoms with Crippen LogP contribution in [0.2, 0.25) is 0 Å². The minimum Gasteiger partial charge on any atom is -0.490 e. The molecule has 3 heteroatoms. The summed E-state index contributed by atoms with van der Waals surface area (Å²) in [5.74, 6) is 1.72. The number of rotatable bonds is 8. The summed E-state index contributed by atoms with van der Waals surface area (Å²) in [5.41, 5.74) is 1.31. The van der Waals surface area contributed by atoms with E-state index in [9.17, 15) is 0 Å². The van der Waals surface area contributed by atoms with Gasteiger partial charge in [-0.1, -0.05) is 31.7 Å². The average Bonchev–Trinajstić information content (AvgIpc) is 2.94. The minimum absolute atomic E-state index is 0.563. The second-order valence-electron chi connectivity index (χ2n) is 5.42. The number of benzene rings is 1. The van der Waals surface area contributed by atoms with Gasteiger partial charge in [0.05, 0.1) is 0 Å². The molecule has 1 aromatic carbocycles. The van der Waals surface area contributed by atoms with E-state index in [1.54, 1.807) is 6.08 Å². The number of hydrogen-bond acceptors (Lipinski definition) is 3. The highest BCUT2D eigenvalue weighted by Gasteiger charge is 2.20. The Morgan fingerprint density at radius 1 is 1.40 bits per heavy atom. The van der Waals surface area contributed by atoms with Gasteiger partial charge >= 0.3 is 0 Å². The van der Waals surface area contributed by atoms with Crippen LogP contribution in [0.5, 0.6) is 5.75 Å². The Kier molecular flexibility index (Phi) is 6.09. The van der Waals surface area contributed by atoms with Crippen molar-refractivity contribution in [1.82, 2.24) is 10.2 Å². The maximum atomic E-state index is 5.48. The third-order valence-electron chi connectivity index (χ3n) is 3.87. The Labute approximate surface area is 122 Å². The maximum Gasteiger partial charge on any atom is 0.119 e.